The fourth-order valence-electron chi connectivity index (χ4n) is 5.36. The minimum atomic E-state index is -0.459. The molecule has 192 valence electrons. The molecule has 6 rings (SSSR count). The van der Waals surface area contributed by atoms with Crippen LogP contribution in [-0.2, 0) is 29.1 Å². The Bertz CT molecular complexity index is 1500. The van der Waals surface area contributed by atoms with Gasteiger partial charge in [0.05, 0.1) is 16.2 Å². The summed E-state index contributed by atoms with van der Waals surface area (Å²) in [5.74, 6) is -0.154. The molecule has 3 heterocycles. The molecule has 3 aromatic carbocycles. The number of amides is 2. The number of carbonyl (C=O) groups excluding carboxylic acids is 2. The van der Waals surface area contributed by atoms with Gasteiger partial charge < -0.3 is 20.9 Å². The van der Waals surface area contributed by atoms with E-state index < -0.39 is 4.92 Å². The third-order valence-corrected chi connectivity index (χ3v) is 7.36. The first-order valence-electron chi connectivity index (χ1n) is 12.8. The summed E-state index contributed by atoms with van der Waals surface area (Å²) in [6.07, 6.45) is 2.39. The first kappa shape index (κ1) is 23.9. The molecule has 0 spiro atoms. The fourth-order valence-corrected chi connectivity index (χ4v) is 5.36. The van der Waals surface area contributed by atoms with E-state index in [2.05, 4.69) is 28.1 Å². The summed E-state index contributed by atoms with van der Waals surface area (Å²) in [6, 6.07) is 18.3. The van der Waals surface area contributed by atoms with Crippen LogP contribution in [0.1, 0.15) is 40.7 Å². The van der Waals surface area contributed by atoms with E-state index in [-0.39, 0.29) is 17.5 Å². The largest absolute Gasteiger partial charge is 0.354 e. The highest BCUT2D eigenvalue weighted by atomic mass is 16.6. The zero-order valence-corrected chi connectivity index (χ0v) is 20.8. The summed E-state index contributed by atoms with van der Waals surface area (Å²) >= 11 is 0. The second-order valence-electron chi connectivity index (χ2n) is 9.84. The Kier molecular flexibility index (Phi) is 6.13. The average molecular weight is 510 g/mol. The summed E-state index contributed by atoms with van der Waals surface area (Å²) in [5, 5.41) is 21.2. The fraction of sp³-hybridized carbons (Fsp3) is 0.241. The second-order valence-corrected chi connectivity index (χ2v) is 9.84. The minimum Gasteiger partial charge on any atom is -0.354 e. The quantitative estimate of drug-likeness (QED) is 0.259. The van der Waals surface area contributed by atoms with Crippen molar-refractivity contribution in [2.24, 2.45) is 0 Å². The molecule has 0 radical (unpaired) electrons. The number of rotatable bonds is 6. The number of benzene rings is 3. The van der Waals surface area contributed by atoms with Gasteiger partial charge in [0.25, 0.3) is 11.6 Å². The monoisotopic (exact) mass is 509 g/mol. The van der Waals surface area contributed by atoms with Gasteiger partial charge in [-0.3, -0.25) is 19.7 Å². The first-order valence-corrected chi connectivity index (χ1v) is 12.8. The predicted molar refractivity (Wildman–Crippen MR) is 145 cm³/mol. The van der Waals surface area contributed by atoms with Gasteiger partial charge in [-0.15, -0.1) is 0 Å². The van der Waals surface area contributed by atoms with Crippen LogP contribution in [0.2, 0.25) is 0 Å². The number of anilines is 2. The topological polar surface area (TPSA) is 117 Å². The molecule has 38 heavy (non-hydrogen) atoms. The lowest BCUT2D eigenvalue weighted by molar-refractivity contribution is -0.384. The minimum absolute atomic E-state index is 0.0796. The summed E-state index contributed by atoms with van der Waals surface area (Å²) in [4.78, 5) is 38.2. The van der Waals surface area contributed by atoms with Crippen molar-refractivity contribution in [2.45, 2.75) is 32.4 Å². The van der Waals surface area contributed by atoms with E-state index in [1.807, 2.05) is 35.2 Å². The van der Waals surface area contributed by atoms with E-state index in [0.29, 0.717) is 35.5 Å². The van der Waals surface area contributed by atoms with Crippen molar-refractivity contribution in [1.29, 1.82) is 0 Å². The SMILES string of the molecule is O=C1Nc2ccc([N+](=O)[O-])cc2/C1=C(/Nc1ccc2c(c1)CCNC2)c1ccc(CN2CCCC2=O)cc1. The lowest BCUT2D eigenvalue weighted by Gasteiger charge is -2.20. The summed E-state index contributed by atoms with van der Waals surface area (Å²) in [6.45, 7) is 3.04. The molecule has 0 aliphatic carbocycles. The number of nitrogens with one attached hydrogen (secondary N) is 3. The molecule has 1 saturated heterocycles. The summed E-state index contributed by atoms with van der Waals surface area (Å²) in [5.41, 5.74) is 6.97. The van der Waals surface area contributed by atoms with Crippen molar-refractivity contribution in [2.75, 3.05) is 23.7 Å². The van der Waals surface area contributed by atoms with Crippen molar-refractivity contribution < 1.29 is 14.5 Å². The van der Waals surface area contributed by atoms with Gasteiger partial charge in [-0.25, -0.2) is 0 Å². The van der Waals surface area contributed by atoms with E-state index in [4.69, 9.17) is 0 Å². The highest BCUT2D eigenvalue weighted by molar-refractivity contribution is 6.37. The van der Waals surface area contributed by atoms with Crippen LogP contribution in [0, 0.1) is 10.1 Å². The number of non-ortho nitro benzene ring substituents is 1. The lowest BCUT2D eigenvalue weighted by Crippen LogP contribution is -2.23. The van der Waals surface area contributed by atoms with Crippen LogP contribution < -0.4 is 16.0 Å². The van der Waals surface area contributed by atoms with Crippen molar-refractivity contribution in [1.82, 2.24) is 10.2 Å². The van der Waals surface area contributed by atoms with Gasteiger partial charge in [0.15, 0.2) is 0 Å². The van der Waals surface area contributed by atoms with Crippen molar-refractivity contribution in [3.63, 3.8) is 0 Å². The number of nitrogens with zero attached hydrogens (tertiary/aromatic N) is 2. The normalized spacial score (nSPS) is 17.6. The van der Waals surface area contributed by atoms with E-state index in [9.17, 15) is 19.7 Å². The Balaban J connectivity index is 1.42. The van der Waals surface area contributed by atoms with Crippen LogP contribution in [0.15, 0.2) is 60.7 Å². The molecule has 3 aliphatic heterocycles. The maximum atomic E-state index is 13.3. The highest BCUT2D eigenvalue weighted by Gasteiger charge is 2.30. The molecule has 0 unspecified atom stereocenters. The maximum Gasteiger partial charge on any atom is 0.270 e. The van der Waals surface area contributed by atoms with Crippen molar-refractivity contribution in [3.8, 4) is 0 Å². The lowest BCUT2D eigenvalue weighted by atomic mass is 9.97. The molecule has 0 aromatic heterocycles. The number of nitro groups is 1. The van der Waals surface area contributed by atoms with E-state index in [1.165, 1.54) is 23.3 Å². The predicted octanol–water partition coefficient (Wildman–Crippen LogP) is 4.30. The van der Waals surface area contributed by atoms with Crippen molar-refractivity contribution in [3.05, 3.63) is 98.6 Å². The van der Waals surface area contributed by atoms with E-state index in [0.717, 1.165) is 49.3 Å². The second kappa shape index (κ2) is 9.75. The molecule has 2 amide bonds. The van der Waals surface area contributed by atoms with Crippen LogP contribution in [0.5, 0.6) is 0 Å². The Morgan fingerprint density at radius 2 is 1.84 bits per heavy atom. The number of hydrogen-bond acceptors (Lipinski definition) is 6. The van der Waals surface area contributed by atoms with Gasteiger partial charge in [-0.1, -0.05) is 30.3 Å². The number of hydrogen-bond donors (Lipinski definition) is 3. The molecule has 0 atom stereocenters. The van der Waals surface area contributed by atoms with Crippen LogP contribution in [0.3, 0.4) is 0 Å². The molecule has 1 fully saturated rings. The zero-order chi connectivity index (χ0) is 26.2. The first-order chi connectivity index (χ1) is 18.5. The molecule has 3 aromatic rings. The molecule has 0 bridgehead atoms. The standard InChI is InChI=1S/C29H27N5O4/c35-26-2-1-13-33(26)17-18-3-5-19(6-4-18)28(31-22-8-7-21-16-30-12-11-20(21)14-22)27-24-15-23(34(37)38)9-10-25(24)32-29(27)36/h3-10,14-15,30-31H,1-2,11-13,16-17H2,(H,32,36)/b28-27-. The van der Waals surface area contributed by atoms with Gasteiger partial charge in [0, 0.05) is 55.1 Å². The molecular formula is C29H27N5O4. The number of carbonyl (C=O) groups is 2. The average Bonchev–Trinajstić information content (AvgIpc) is 3.48. The smallest absolute Gasteiger partial charge is 0.270 e. The Morgan fingerprint density at radius 3 is 2.61 bits per heavy atom. The van der Waals surface area contributed by atoms with Gasteiger partial charge in [0.1, 0.15) is 0 Å². The number of nitro benzene ring substituents is 1. The summed E-state index contributed by atoms with van der Waals surface area (Å²) in [7, 11) is 0. The van der Waals surface area contributed by atoms with Crippen molar-refractivity contribution >= 4 is 40.1 Å². The number of fused-ring (bicyclic) bond motifs is 2. The van der Waals surface area contributed by atoms with Gasteiger partial charge in [-0.2, -0.15) is 0 Å². The van der Waals surface area contributed by atoms with Crippen LogP contribution in [0.4, 0.5) is 17.1 Å². The summed E-state index contributed by atoms with van der Waals surface area (Å²) < 4.78 is 0. The van der Waals surface area contributed by atoms with Gasteiger partial charge >= 0.3 is 0 Å². The molecule has 3 aliphatic rings. The Labute approximate surface area is 219 Å². The highest BCUT2D eigenvalue weighted by Crippen LogP contribution is 2.39. The molecule has 0 saturated carbocycles. The molecular weight excluding hydrogens is 482 g/mol. The van der Waals surface area contributed by atoms with Crippen LogP contribution in [0.25, 0.3) is 11.3 Å². The van der Waals surface area contributed by atoms with E-state index in [1.54, 1.807) is 6.07 Å². The van der Waals surface area contributed by atoms with Crippen LogP contribution >= 0.6 is 0 Å². The Morgan fingerprint density at radius 1 is 1.00 bits per heavy atom. The third-order valence-electron chi connectivity index (χ3n) is 7.36. The zero-order valence-electron chi connectivity index (χ0n) is 20.8. The maximum absolute atomic E-state index is 13.3. The molecule has 3 N–H and O–H groups in total. The van der Waals surface area contributed by atoms with Crippen LogP contribution in [-0.4, -0.2) is 34.7 Å². The molecule has 9 nitrogen and oxygen atoms in total. The third kappa shape index (κ3) is 4.52. The van der Waals surface area contributed by atoms with Gasteiger partial charge in [-0.05, 0) is 59.8 Å². The molecule has 9 heteroatoms. The Hall–Kier alpha value is -4.50. The van der Waals surface area contributed by atoms with E-state index >= 15 is 0 Å². The van der Waals surface area contributed by atoms with Gasteiger partial charge in [0.2, 0.25) is 5.91 Å². The number of likely N-dealkylation sites (tertiary alicyclic amines) is 1.